The number of amides is 2. The van der Waals surface area contributed by atoms with Crippen LogP contribution in [-0.4, -0.2) is 45.3 Å². The first kappa shape index (κ1) is 19.5. The highest BCUT2D eigenvalue weighted by Gasteiger charge is 2.24. The Morgan fingerprint density at radius 2 is 1.75 bits per heavy atom. The molecular weight excluding hydrogens is 360 g/mol. The second kappa shape index (κ2) is 8.65. The first-order valence-corrected chi connectivity index (χ1v) is 9.26. The van der Waals surface area contributed by atoms with Crippen molar-refractivity contribution in [1.82, 2.24) is 10.2 Å². The first-order valence-electron chi connectivity index (χ1n) is 9.26. The van der Waals surface area contributed by atoms with Crippen molar-refractivity contribution in [1.29, 1.82) is 0 Å². The molecule has 1 aliphatic heterocycles. The van der Waals surface area contributed by atoms with Crippen LogP contribution in [0.5, 0.6) is 11.5 Å². The number of rotatable bonds is 5. The largest absolute Gasteiger partial charge is 0.504 e. The van der Waals surface area contributed by atoms with E-state index in [9.17, 15) is 19.8 Å². The summed E-state index contributed by atoms with van der Waals surface area (Å²) in [6.45, 7) is 1.59. The van der Waals surface area contributed by atoms with Crippen LogP contribution < -0.4 is 5.32 Å². The minimum absolute atomic E-state index is 0.00273. The van der Waals surface area contributed by atoms with Gasteiger partial charge in [0.2, 0.25) is 5.91 Å². The molecule has 0 saturated carbocycles. The standard InChI is InChI=1S/C21H24N2O5/c24-18-5-4-14(11-19(18)25)12-20(26)23-8-6-16(7-9-23)17-3-1-2-15(10-17)13-22-21(27)28/h1-5,10-11,16,22,24-25H,6-9,12-13H2,(H,27,28). The summed E-state index contributed by atoms with van der Waals surface area (Å²) in [5.41, 5.74) is 2.76. The molecule has 2 aromatic rings. The van der Waals surface area contributed by atoms with Crippen LogP contribution in [0.1, 0.15) is 35.4 Å². The molecular formula is C21H24N2O5. The molecule has 148 valence electrons. The van der Waals surface area contributed by atoms with E-state index in [2.05, 4.69) is 5.32 Å². The molecule has 0 aliphatic carbocycles. The molecule has 0 unspecified atom stereocenters. The van der Waals surface area contributed by atoms with E-state index in [-0.39, 0.29) is 30.4 Å². The van der Waals surface area contributed by atoms with Crippen molar-refractivity contribution in [2.24, 2.45) is 0 Å². The molecule has 2 amide bonds. The maximum atomic E-state index is 12.5. The summed E-state index contributed by atoms with van der Waals surface area (Å²) in [6.07, 6.45) is 0.846. The fourth-order valence-corrected chi connectivity index (χ4v) is 3.56. The number of piperidine rings is 1. The second-order valence-corrected chi connectivity index (χ2v) is 7.06. The molecule has 1 heterocycles. The van der Waals surface area contributed by atoms with Crippen molar-refractivity contribution in [2.45, 2.75) is 31.7 Å². The van der Waals surface area contributed by atoms with E-state index in [0.717, 1.165) is 18.4 Å². The van der Waals surface area contributed by atoms with Crippen LogP contribution in [0.4, 0.5) is 4.79 Å². The van der Waals surface area contributed by atoms with Crippen molar-refractivity contribution in [3.8, 4) is 11.5 Å². The Kier molecular flexibility index (Phi) is 6.03. The van der Waals surface area contributed by atoms with Gasteiger partial charge in [-0.15, -0.1) is 0 Å². The predicted octanol–water partition coefficient (Wildman–Crippen LogP) is 2.81. The summed E-state index contributed by atoms with van der Waals surface area (Å²) in [5.74, 6) is -0.0754. The lowest BCUT2D eigenvalue weighted by Crippen LogP contribution is -2.38. The Morgan fingerprint density at radius 3 is 2.43 bits per heavy atom. The first-order chi connectivity index (χ1) is 13.4. The highest BCUT2D eigenvalue weighted by Crippen LogP contribution is 2.29. The maximum Gasteiger partial charge on any atom is 0.404 e. The number of nitrogens with one attached hydrogen (secondary N) is 1. The number of carbonyl (C=O) groups excluding carboxylic acids is 1. The van der Waals surface area contributed by atoms with Gasteiger partial charge >= 0.3 is 6.09 Å². The van der Waals surface area contributed by atoms with Gasteiger partial charge in [0.25, 0.3) is 0 Å². The number of carboxylic acid groups (broad SMARTS) is 1. The number of phenolic OH excluding ortho intramolecular Hbond substituents is 2. The SMILES string of the molecule is O=C(O)NCc1cccc(C2CCN(C(=O)Cc3ccc(O)c(O)c3)CC2)c1. The Hall–Kier alpha value is -3.22. The lowest BCUT2D eigenvalue weighted by Gasteiger charge is -2.32. The number of carbonyl (C=O) groups is 2. The molecule has 28 heavy (non-hydrogen) atoms. The van der Waals surface area contributed by atoms with Crippen molar-refractivity contribution < 1.29 is 24.9 Å². The quantitative estimate of drug-likeness (QED) is 0.593. The molecule has 0 spiro atoms. The van der Waals surface area contributed by atoms with Gasteiger partial charge < -0.3 is 25.5 Å². The molecule has 7 heteroatoms. The van der Waals surface area contributed by atoms with Gasteiger partial charge in [0, 0.05) is 19.6 Å². The van der Waals surface area contributed by atoms with Gasteiger partial charge in [0.05, 0.1) is 6.42 Å². The monoisotopic (exact) mass is 384 g/mol. The number of benzene rings is 2. The number of phenols is 2. The fraction of sp³-hybridized carbons (Fsp3) is 0.333. The maximum absolute atomic E-state index is 12.5. The molecule has 7 nitrogen and oxygen atoms in total. The van der Waals surface area contributed by atoms with Gasteiger partial charge in [-0.05, 0) is 47.6 Å². The third-order valence-electron chi connectivity index (χ3n) is 5.11. The highest BCUT2D eigenvalue weighted by atomic mass is 16.4. The smallest absolute Gasteiger partial charge is 0.404 e. The predicted molar refractivity (Wildman–Crippen MR) is 103 cm³/mol. The highest BCUT2D eigenvalue weighted by molar-refractivity contribution is 5.79. The Labute approximate surface area is 163 Å². The van der Waals surface area contributed by atoms with E-state index < -0.39 is 6.09 Å². The fourth-order valence-electron chi connectivity index (χ4n) is 3.56. The zero-order valence-electron chi connectivity index (χ0n) is 15.5. The van der Waals surface area contributed by atoms with Crippen LogP contribution >= 0.6 is 0 Å². The van der Waals surface area contributed by atoms with Crippen molar-refractivity contribution >= 4 is 12.0 Å². The number of likely N-dealkylation sites (tertiary alicyclic amines) is 1. The normalized spacial score (nSPS) is 14.6. The van der Waals surface area contributed by atoms with Crippen LogP contribution in [0.25, 0.3) is 0 Å². The van der Waals surface area contributed by atoms with E-state index in [1.165, 1.54) is 17.7 Å². The summed E-state index contributed by atoms with van der Waals surface area (Å²) in [5, 5.41) is 30.0. The van der Waals surface area contributed by atoms with Crippen LogP contribution in [-0.2, 0) is 17.8 Å². The van der Waals surface area contributed by atoms with Gasteiger partial charge in [-0.2, -0.15) is 0 Å². The average Bonchev–Trinajstić information content (AvgIpc) is 2.69. The number of aromatic hydroxyl groups is 2. The van der Waals surface area contributed by atoms with Crippen LogP contribution in [0, 0.1) is 0 Å². The van der Waals surface area contributed by atoms with Crippen molar-refractivity contribution in [3.05, 3.63) is 59.2 Å². The molecule has 1 saturated heterocycles. The van der Waals surface area contributed by atoms with E-state index >= 15 is 0 Å². The number of hydrogen-bond donors (Lipinski definition) is 4. The molecule has 0 atom stereocenters. The van der Waals surface area contributed by atoms with E-state index in [0.29, 0.717) is 24.6 Å². The van der Waals surface area contributed by atoms with Crippen LogP contribution in [0.15, 0.2) is 42.5 Å². The Balaban J connectivity index is 1.55. The Bertz CT molecular complexity index is 860. The van der Waals surface area contributed by atoms with Gasteiger partial charge in [-0.25, -0.2) is 4.79 Å². The number of hydrogen-bond acceptors (Lipinski definition) is 4. The van der Waals surface area contributed by atoms with Crippen LogP contribution in [0.3, 0.4) is 0 Å². The minimum Gasteiger partial charge on any atom is -0.504 e. The van der Waals surface area contributed by atoms with Crippen LogP contribution in [0.2, 0.25) is 0 Å². The molecule has 3 rings (SSSR count). The molecule has 1 aliphatic rings. The third-order valence-corrected chi connectivity index (χ3v) is 5.11. The topological polar surface area (TPSA) is 110 Å². The summed E-state index contributed by atoms with van der Waals surface area (Å²) >= 11 is 0. The molecule has 0 aromatic heterocycles. The second-order valence-electron chi connectivity index (χ2n) is 7.06. The third kappa shape index (κ3) is 4.94. The van der Waals surface area contributed by atoms with Gasteiger partial charge in [0.1, 0.15) is 0 Å². The molecule has 1 fully saturated rings. The summed E-state index contributed by atoms with van der Waals surface area (Å²) in [4.78, 5) is 25.0. The average molecular weight is 384 g/mol. The Morgan fingerprint density at radius 1 is 1.00 bits per heavy atom. The molecule has 4 N–H and O–H groups in total. The molecule has 0 bridgehead atoms. The van der Waals surface area contributed by atoms with E-state index in [4.69, 9.17) is 5.11 Å². The van der Waals surface area contributed by atoms with E-state index in [1.807, 2.05) is 29.2 Å². The summed E-state index contributed by atoms with van der Waals surface area (Å²) in [7, 11) is 0. The molecule has 2 aromatic carbocycles. The summed E-state index contributed by atoms with van der Waals surface area (Å²) < 4.78 is 0. The van der Waals surface area contributed by atoms with E-state index in [1.54, 1.807) is 6.07 Å². The van der Waals surface area contributed by atoms with Gasteiger partial charge in [0.15, 0.2) is 11.5 Å². The minimum atomic E-state index is -1.04. The molecule has 0 radical (unpaired) electrons. The summed E-state index contributed by atoms with van der Waals surface area (Å²) in [6, 6.07) is 12.3. The lowest BCUT2D eigenvalue weighted by molar-refractivity contribution is -0.131. The zero-order chi connectivity index (χ0) is 20.1. The number of nitrogens with zero attached hydrogens (tertiary/aromatic N) is 1. The van der Waals surface area contributed by atoms with Gasteiger partial charge in [-0.1, -0.05) is 30.3 Å². The van der Waals surface area contributed by atoms with Crippen molar-refractivity contribution in [3.63, 3.8) is 0 Å². The zero-order valence-corrected chi connectivity index (χ0v) is 15.5. The van der Waals surface area contributed by atoms with Crippen molar-refractivity contribution in [2.75, 3.05) is 13.1 Å². The van der Waals surface area contributed by atoms with Gasteiger partial charge in [-0.3, -0.25) is 4.79 Å². The lowest BCUT2D eigenvalue weighted by atomic mass is 9.88.